The van der Waals surface area contributed by atoms with Crippen molar-refractivity contribution in [2.75, 3.05) is 7.11 Å². The zero-order valence-corrected chi connectivity index (χ0v) is 9.69. The molecular weight excluding hydrogens is 260 g/mol. The van der Waals surface area contributed by atoms with Gasteiger partial charge in [0.15, 0.2) is 6.29 Å². The number of pyridine rings is 1. The van der Waals surface area contributed by atoms with Crippen LogP contribution in [-0.2, 0) is 11.3 Å². The van der Waals surface area contributed by atoms with Gasteiger partial charge in [-0.15, -0.1) is 0 Å². The van der Waals surface area contributed by atoms with Crippen molar-refractivity contribution >= 4 is 27.9 Å². The molecule has 0 aliphatic heterocycles. The van der Waals surface area contributed by atoms with Crippen molar-refractivity contribution in [1.29, 1.82) is 0 Å². The van der Waals surface area contributed by atoms with Crippen LogP contribution in [-0.4, -0.2) is 22.8 Å². The molecule has 0 unspecified atom stereocenters. The number of methoxy groups -OCH3 is 1. The summed E-state index contributed by atoms with van der Waals surface area (Å²) in [7, 11) is 1.58. The maximum atomic E-state index is 11.0. The summed E-state index contributed by atoms with van der Waals surface area (Å²) in [5, 5.41) is 0. The van der Waals surface area contributed by atoms with E-state index in [1.807, 2.05) is 18.3 Å². The number of carbonyl (C=O) groups is 1. The Kier molecular flexibility index (Phi) is 2.83. The lowest BCUT2D eigenvalue weighted by Gasteiger charge is -1.96. The highest BCUT2D eigenvalue weighted by Crippen LogP contribution is 2.16. The molecule has 0 aromatic carbocycles. The molecule has 5 heteroatoms. The average molecular weight is 269 g/mol. The van der Waals surface area contributed by atoms with Crippen LogP contribution in [0.3, 0.4) is 0 Å². The van der Waals surface area contributed by atoms with Gasteiger partial charge >= 0.3 is 0 Å². The molecule has 0 fully saturated rings. The standard InChI is InChI=1S/C10H9BrN2O2/c1-15-6-8-9(5-14)13-4-7(11)2-3-10(13)12-8/h2-5H,6H2,1H3. The highest BCUT2D eigenvalue weighted by atomic mass is 79.9. The van der Waals surface area contributed by atoms with Gasteiger partial charge in [-0.2, -0.15) is 0 Å². The van der Waals surface area contributed by atoms with Gasteiger partial charge < -0.3 is 4.74 Å². The molecule has 2 aromatic rings. The first-order valence-electron chi connectivity index (χ1n) is 4.37. The molecule has 0 amide bonds. The van der Waals surface area contributed by atoms with Crippen molar-refractivity contribution in [2.45, 2.75) is 6.61 Å². The summed E-state index contributed by atoms with van der Waals surface area (Å²) in [5.41, 5.74) is 1.94. The lowest BCUT2D eigenvalue weighted by Crippen LogP contribution is -1.96. The summed E-state index contributed by atoms with van der Waals surface area (Å²) in [5.74, 6) is 0. The van der Waals surface area contributed by atoms with Crippen molar-refractivity contribution in [1.82, 2.24) is 9.38 Å². The fourth-order valence-electron chi connectivity index (χ4n) is 1.45. The van der Waals surface area contributed by atoms with E-state index in [4.69, 9.17) is 4.74 Å². The van der Waals surface area contributed by atoms with E-state index in [-0.39, 0.29) is 0 Å². The van der Waals surface area contributed by atoms with Crippen LogP contribution in [0.15, 0.2) is 22.8 Å². The summed E-state index contributed by atoms with van der Waals surface area (Å²) in [6, 6.07) is 3.73. The zero-order valence-electron chi connectivity index (χ0n) is 8.11. The first-order valence-corrected chi connectivity index (χ1v) is 5.16. The van der Waals surface area contributed by atoms with Gasteiger partial charge in [-0.25, -0.2) is 4.98 Å². The highest BCUT2D eigenvalue weighted by Gasteiger charge is 2.10. The van der Waals surface area contributed by atoms with Crippen molar-refractivity contribution < 1.29 is 9.53 Å². The Balaban J connectivity index is 2.68. The van der Waals surface area contributed by atoms with Gasteiger partial charge in [-0.1, -0.05) is 0 Å². The number of imidazole rings is 1. The predicted octanol–water partition coefficient (Wildman–Crippen LogP) is 2.06. The Morgan fingerprint density at radius 1 is 1.60 bits per heavy atom. The van der Waals surface area contributed by atoms with Crippen molar-refractivity contribution in [3.05, 3.63) is 34.2 Å². The Morgan fingerprint density at radius 2 is 2.40 bits per heavy atom. The van der Waals surface area contributed by atoms with E-state index in [0.717, 1.165) is 16.4 Å². The largest absolute Gasteiger partial charge is 0.378 e. The number of halogens is 1. The SMILES string of the molecule is COCc1nc2ccc(Br)cn2c1C=O. The molecule has 0 radical (unpaired) electrons. The van der Waals surface area contributed by atoms with Crippen LogP contribution in [0.4, 0.5) is 0 Å². The third-order valence-corrected chi connectivity index (χ3v) is 2.56. The van der Waals surface area contributed by atoms with E-state index in [2.05, 4.69) is 20.9 Å². The highest BCUT2D eigenvalue weighted by molar-refractivity contribution is 9.10. The molecule has 0 aliphatic carbocycles. The minimum atomic E-state index is 0.341. The van der Waals surface area contributed by atoms with Crippen LogP contribution >= 0.6 is 15.9 Å². The monoisotopic (exact) mass is 268 g/mol. The Morgan fingerprint density at radius 3 is 3.07 bits per heavy atom. The third-order valence-electron chi connectivity index (χ3n) is 2.09. The number of ether oxygens (including phenoxy) is 1. The summed E-state index contributed by atoms with van der Waals surface area (Å²) >= 11 is 3.35. The van der Waals surface area contributed by atoms with Gasteiger partial charge in [0.2, 0.25) is 0 Å². The Bertz CT molecular complexity index is 507. The first-order chi connectivity index (χ1) is 7.26. The van der Waals surface area contributed by atoms with Gasteiger partial charge in [0.25, 0.3) is 0 Å². The molecule has 0 bridgehead atoms. The van der Waals surface area contributed by atoms with E-state index in [1.54, 1.807) is 11.5 Å². The van der Waals surface area contributed by atoms with Crippen LogP contribution in [0.1, 0.15) is 16.2 Å². The van der Waals surface area contributed by atoms with E-state index in [1.165, 1.54) is 0 Å². The second-order valence-corrected chi connectivity index (χ2v) is 3.99. The minimum Gasteiger partial charge on any atom is -0.378 e. The number of aldehydes is 1. The zero-order chi connectivity index (χ0) is 10.8. The summed E-state index contributed by atoms with van der Waals surface area (Å²) in [6.07, 6.45) is 2.60. The molecule has 0 aliphatic rings. The molecule has 2 aromatic heterocycles. The summed E-state index contributed by atoms with van der Waals surface area (Å²) in [6.45, 7) is 0.341. The second kappa shape index (κ2) is 4.12. The number of nitrogens with zero attached hydrogens (tertiary/aromatic N) is 2. The van der Waals surface area contributed by atoms with E-state index >= 15 is 0 Å². The molecule has 0 atom stereocenters. The third kappa shape index (κ3) is 1.80. The van der Waals surface area contributed by atoms with E-state index in [9.17, 15) is 4.79 Å². The average Bonchev–Trinajstić information content (AvgIpc) is 2.55. The first kappa shape index (κ1) is 10.3. The number of aromatic nitrogens is 2. The smallest absolute Gasteiger partial charge is 0.168 e. The fraction of sp³-hybridized carbons (Fsp3) is 0.200. The van der Waals surface area contributed by atoms with Gasteiger partial charge in [-0.05, 0) is 28.1 Å². The Hall–Kier alpha value is -1.20. The molecule has 0 saturated carbocycles. The van der Waals surface area contributed by atoms with Gasteiger partial charge in [-0.3, -0.25) is 9.20 Å². The molecule has 2 rings (SSSR count). The van der Waals surface area contributed by atoms with Crippen LogP contribution in [0.5, 0.6) is 0 Å². The lowest BCUT2D eigenvalue weighted by atomic mass is 10.3. The minimum absolute atomic E-state index is 0.341. The number of rotatable bonds is 3. The van der Waals surface area contributed by atoms with Crippen LogP contribution in [0.2, 0.25) is 0 Å². The number of carbonyl (C=O) groups excluding carboxylic acids is 1. The summed E-state index contributed by atoms with van der Waals surface area (Å²) in [4.78, 5) is 15.3. The Labute approximate surface area is 95.0 Å². The molecule has 0 spiro atoms. The van der Waals surface area contributed by atoms with Crippen molar-refractivity contribution in [3.8, 4) is 0 Å². The van der Waals surface area contributed by atoms with Gasteiger partial charge in [0.05, 0.1) is 12.3 Å². The molecule has 0 saturated heterocycles. The molecule has 4 nitrogen and oxygen atoms in total. The molecule has 78 valence electrons. The van der Waals surface area contributed by atoms with Crippen LogP contribution in [0.25, 0.3) is 5.65 Å². The normalized spacial score (nSPS) is 10.8. The van der Waals surface area contributed by atoms with Crippen molar-refractivity contribution in [2.24, 2.45) is 0 Å². The van der Waals surface area contributed by atoms with Gasteiger partial charge in [0, 0.05) is 17.8 Å². The maximum Gasteiger partial charge on any atom is 0.168 e. The molecule has 15 heavy (non-hydrogen) atoms. The molecule has 0 N–H and O–H groups in total. The number of hydrogen-bond donors (Lipinski definition) is 0. The van der Waals surface area contributed by atoms with Gasteiger partial charge in [0.1, 0.15) is 11.3 Å². The van der Waals surface area contributed by atoms with Crippen LogP contribution < -0.4 is 0 Å². The predicted molar refractivity (Wildman–Crippen MR) is 59.0 cm³/mol. The number of fused-ring (bicyclic) bond motifs is 1. The topological polar surface area (TPSA) is 43.6 Å². The quantitative estimate of drug-likeness (QED) is 0.801. The molecular formula is C10H9BrN2O2. The maximum absolute atomic E-state index is 11.0. The van der Waals surface area contributed by atoms with Crippen molar-refractivity contribution in [3.63, 3.8) is 0 Å². The molecule has 2 heterocycles. The second-order valence-electron chi connectivity index (χ2n) is 3.07. The lowest BCUT2D eigenvalue weighted by molar-refractivity contribution is 0.111. The summed E-state index contributed by atoms with van der Waals surface area (Å²) < 4.78 is 7.63. The van der Waals surface area contributed by atoms with E-state index < -0.39 is 0 Å². The van der Waals surface area contributed by atoms with E-state index in [0.29, 0.717) is 18.0 Å². The number of hydrogen-bond acceptors (Lipinski definition) is 3. The van der Waals surface area contributed by atoms with Crippen LogP contribution in [0, 0.1) is 0 Å². The fourth-order valence-corrected chi connectivity index (χ4v) is 1.79.